The lowest BCUT2D eigenvalue weighted by Crippen LogP contribution is -1.95. The number of fused-ring (bicyclic) bond motifs is 5. The molecule has 0 fully saturated rings. The van der Waals surface area contributed by atoms with Crippen molar-refractivity contribution < 1.29 is 0 Å². The molecule has 0 spiro atoms. The summed E-state index contributed by atoms with van der Waals surface area (Å²) in [6.45, 7) is 0. The highest BCUT2D eigenvalue weighted by molar-refractivity contribution is 6.39. The number of benzene rings is 1. The van der Waals surface area contributed by atoms with Gasteiger partial charge in [-0.05, 0) is 30.3 Å². The molecule has 5 nitrogen and oxygen atoms in total. The van der Waals surface area contributed by atoms with Gasteiger partial charge in [-0.1, -0.05) is 29.3 Å². The number of aromatic nitrogens is 4. The molecular formula is C19H12Cl3N5. The van der Waals surface area contributed by atoms with Gasteiger partial charge in [-0.25, -0.2) is 9.97 Å². The van der Waals surface area contributed by atoms with Crippen LogP contribution >= 0.6 is 35.6 Å². The molecule has 8 heteroatoms. The number of imidazole rings is 1. The largest absolute Gasteiger partial charge is 0.338 e. The van der Waals surface area contributed by atoms with Gasteiger partial charge in [-0.15, -0.1) is 12.4 Å². The standard InChI is InChI=1S/C19H11Cl2N5.ClH/c20-12-4-1-5-13(21)15(12)19-25-16-10-6-8-22-9-14(10)24-18-11(17(16)26-19)3-2-7-23-18;/h1-9H,(H,23,24)(H,25,26);1H. The molecule has 0 amide bonds. The van der Waals surface area contributed by atoms with Crippen LogP contribution in [0.2, 0.25) is 10.0 Å². The van der Waals surface area contributed by atoms with E-state index in [-0.39, 0.29) is 12.4 Å². The average Bonchev–Trinajstić information content (AvgIpc) is 3.02. The van der Waals surface area contributed by atoms with E-state index in [9.17, 15) is 0 Å². The Kier molecular flexibility index (Phi) is 4.52. The van der Waals surface area contributed by atoms with E-state index >= 15 is 0 Å². The Hall–Kier alpha value is -2.60. The first-order valence-electron chi connectivity index (χ1n) is 7.93. The molecule has 2 N–H and O–H groups in total. The zero-order valence-corrected chi connectivity index (χ0v) is 16.0. The van der Waals surface area contributed by atoms with Crippen molar-refractivity contribution in [2.24, 2.45) is 0 Å². The zero-order chi connectivity index (χ0) is 17.7. The molecule has 0 saturated heterocycles. The molecule has 0 saturated carbocycles. The van der Waals surface area contributed by atoms with E-state index in [1.807, 2.05) is 24.3 Å². The number of hydrogen-bond donors (Lipinski definition) is 2. The summed E-state index contributed by atoms with van der Waals surface area (Å²) in [7, 11) is 0. The summed E-state index contributed by atoms with van der Waals surface area (Å²) in [5.41, 5.74) is 5.04. The monoisotopic (exact) mass is 415 g/mol. The van der Waals surface area contributed by atoms with E-state index in [0.717, 1.165) is 34.0 Å². The summed E-state index contributed by atoms with van der Waals surface area (Å²) in [5.74, 6) is 1.34. The normalized spacial score (nSPS) is 11.3. The van der Waals surface area contributed by atoms with Gasteiger partial charge in [0.05, 0.1) is 33.2 Å². The lowest BCUT2D eigenvalue weighted by Gasteiger charge is -2.08. The minimum atomic E-state index is 0. The van der Waals surface area contributed by atoms with Crippen molar-refractivity contribution in [3.05, 3.63) is 65.0 Å². The van der Waals surface area contributed by atoms with Crippen molar-refractivity contribution in [1.82, 2.24) is 19.9 Å². The Morgan fingerprint density at radius 3 is 2.52 bits per heavy atom. The van der Waals surface area contributed by atoms with Gasteiger partial charge in [0.1, 0.15) is 17.3 Å². The van der Waals surface area contributed by atoms with E-state index in [1.54, 1.807) is 30.7 Å². The van der Waals surface area contributed by atoms with Crippen molar-refractivity contribution >= 4 is 47.1 Å². The predicted molar refractivity (Wildman–Crippen MR) is 111 cm³/mol. The van der Waals surface area contributed by atoms with Crippen LogP contribution < -0.4 is 5.32 Å². The summed E-state index contributed by atoms with van der Waals surface area (Å²) in [6, 6.07) is 11.2. The fourth-order valence-electron chi connectivity index (χ4n) is 3.14. The molecule has 1 aliphatic heterocycles. The topological polar surface area (TPSA) is 66.5 Å². The van der Waals surface area contributed by atoms with E-state index in [1.165, 1.54) is 0 Å². The number of pyridine rings is 2. The van der Waals surface area contributed by atoms with Crippen LogP contribution in [0.4, 0.5) is 11.5 Å². The fraction of sp³-hybridized carbons (Fsp3) is 0. The molecular weight excluding hydrogens is 405 g/mol. The SMILES string of the molecule is Cl.Clc1cccc(Cl)c1-c1nc2c([nH]1)-c1ccncc1Nc1ncccc1-2. The maximum Gasteiger partial charge on any atom is 0.141 e. The number of rotatable bonds is 1. The number of H-pyrrole nitrogens is 1. The minimum absolute atomic E-state index is 0. The smallest absolute Gasteiger partial charge is 0.141 e. The number of halogens is 3. The van der Waals surface area contributed by atoms with Crippen LogP contribution in [0.5, 0.6) is 0 Å². The first-order chi connectivity index (χ1) is 12.7. The molecule has 3 aromatic heterocycles. The summed E-state index contributed by atoms with van der Waals surface area (Å²) in [6.07, 6.45) is 5.26. The minimum Gasteiger partial charge on any atom is -0.338 e. The molecule has 134 valence electrons. The molecule has 0 radical (unpaired) electrons. The van der Waals surface area contributed by atoms with Crippen LogP contribution in [-0.2, 0) is 0 Å². The van der Waals surface area contributed by atoms with Crippen LogP contribution in [0.3, 0.4) is 0 Å². The molecule has 5 rings (SSSR count). The number of nitrogens with zero attached hydrogens (tertiary/aromatic N) is 3. The maximum absolute atomic E-state index is 6.38. The Morgan fingerprint density at radius 1 is 0.889 bits per heavy atom. The summed E-state index contributed by atoms with van der Waals surface area (Å²) in [5, 5.41) is 4.42. The number of nitrogens with one attached hydrogen (secondary N) is 2. The third-order valence-corrected chi connectivity index (χ3v) is 4.94. The highest BCUT2D eigenvalue weighted by Gasteiger charge is 2.25. The first kappa shape index (κ1) is 17.8. The van der Waals surface area contributed by atoms with Crippen LogP contribution in [0, 0.1) is 0 Å². The Labute approximate surface area is 171 Å². The van der Waals surface area contributed by atoms with Crippen LogP contribution in [-0.4, -0.2) is 19.9 Å². The Balaban J connectivity index is 0.00000180. The van der Waals surface area contributed by atoms with Gasteiger partial charge < -0.3 is 10.3 Å². The van der Waals surface area contributed by atoms with E-state index in [2.05, 4.69) is 20.3 Å². The van der Waals surface area contributed by atoms with Crippen LogP contribution in [0.15, 0.2) is 55.0 Å². The highest BCUT2D eigenvalue weighted by Crippen LogP contribution is 2.44. The molecule has 1 aromatic carbocycles. The van der Waals surface area contributed by atoms with E-state index in [0.29, 0.717) is 21.4 Å². The van der Waals surface area contributed by atoms with Crippen molar-refractivity contribution in [2.45, 2.75) is 0 Å². The predicted octanol–water partition coefficient (Wildman–Crippen LogP) is 5.99. The average molecular weight is 417 g/mol. The molecule has 0 unspecified atom stereocenters. The van der Waals surface area contributed by atoms with E-state index in [4.69, 9.17) is 28.2 Å². The molecule has 4 heterocycles. The Bertz CT molecular complexity index is 1070. The van der Waals surface area contributed by atoms with Crippen molar-refractivity contribution in [1.29, 1.82) is 0 Å². The third kappa shape index (κ3) is 2.84. The quantitative estimate of drug-likeness (QED) is 0.352. The number of hydrogen-bond acceptors (Lipinski definition) is 4. The number of aromatic amines is 1. The molecule has 0 bridgehead atoms. The second-order valence-electron chi connectivity index (χ2n) is 5.85. The van der Waals surface area contributed by atoms with Gasteiger partial charge in [0.15, 0.2) is 0 Å². The zero-order valence-electron chi connectivity index (χ0n) is 13.7. The lowest BCUT2D eigenvalue weighted by atomic mass is 10.1. The third-order valence-electron chi connectivity index (χ3n) is 4.31. The molecule has 1 aliphatic rings. The first-order valence-corrected chi connectivity index (χ1v) is 8.69. The molecule has 4 aromatic rings. The van der Waals surface area contributed by atoms with Crippen LogP contribution in [0.25, 0.3) is 33.9 Å². The van der Waals surface area contributed by atoms with Gasteiger partial charge in [-0.3, -0.25) is 4.98 Å². The van der Waals surface area contributed by atoms with Crippen molar-refractivity contribution in [3.8, 4) is 33.9 Å². The van der Waals surface area contributed by atoms with Crippen molar-refractivity contribution in [2.75, 3.05) is 5.32 Å². The molecule has 0 atom stereocenters. The number of anilines is 2. The second-order valence-corrected chi connectivity index (χ2v) is 6.67. The van der Waals surface area contributed by atoms with Crippen LogP contribution in [0.1, 0.15) is 0 Å². The Morgan fingerprint density at radius 2 is 1.70 bits per heavy atom. The van der Waals surface area contributed by atoms with Gasteiger partial charge in [0, 0.05) is 23.5 Å². The maximum atomic E-state index is 6.38. The van der Waals surface area contributed by atoms with Gasteiger partial charge in [0.2, 0.25) is 0 Å². The second kappa shape index (κ2) is 6.85. The van der Waals surface area contributed by atoms with Gasteiger partial charge >= 0.3 is 0 Å². The van der Waals surface area contributed by atoms with Gasteiger partial charge in [-0.2, -0.15) is 0 Å². The van der Waals surface area contributed by atoms with Crippen molar-refractivity contribution in [3.63, 3.8) is 0 Å². The fourth-order valence-corrected chi connectivity index (χ4v) is 3.72. The van der Waals surface area contributed by atoms with Gasteiger partial charge in [0.25, 0.3) is 0 Å². The molecule has 0 aliphatic carbocycles. The highest BCUT2D eigenvalue weighted by atomic mass is 35.5. The lowest BCUT2D eigenvalue weighted by molar-refractivity contribution is 1.26. The molecule has 27 heavy (non-hydrogen) atoms. The summed E-state index contributed by atoms with van der Waals surface area (Å²) in [4.78, 5) is 16.9. The summed E-state index contributed by atoms with van der Waals surface area (Å²) < 4.78 is 0. The van der Waals surface area contributed by atoms with E-state index < -0.39 is 0 Å². The summed E-state index contributed by atoms with van der Waals surface area (Å²) >= 11 is 12.8.